The van der Waals surface area contributed by atoms with Crippen LogP contribution in [0.4, 0.5) is 15.8 Å². The summed E-state index contributed by atoms with van der Waals surface area (Å²) in [5.74, 6) is 0.115. The van der Waals surface area contributed by atoms with Crippen LogP contribution in [-0.4, -0.2) is 26.8 Å². The van der Waals surface area contributed by atoms with Gasteiger partial charge in [-0.2, -0.15) is 0 Å². The van der Waals surface area contributed by atoms with Gasteiger partial charge in [0.25, 0.3) is 0 Å². The van der Waals surface area contributed by atoms with E-state index < -0.39 is 5.82 Å². The van der Waals surface area contributed by atoms with Crippen LogP contribution >= 0.6 is 11.6 Å². The summed E-state index contributed by atoms with van der Waals surface area (Å²) in [5, 5.41) is 0.109. The number of hydrogen-bond acceptors (Lipinski definition) is 3. The Labute approximate surface area is 112 Å². The van der Waals surface area contributed by atoms with Crippen molar-refractivity contribution in [3.8, 4) is 0 Å². The Hall–Kier alpha value is -1.00. The van der Waals surface area contributed by atoms with Crippen molar-refractivity contribution in [1.29, 1.82) is 0 Å². The van der Waals surface area contributed by atoms with E-state index in [1.165, 1.54) is 6.07 Å². The third kappa shape index (κ3) is 3.06. The second-order valence-electron chi connectivity index (χ2n) is 4.76. The summed E-state index contributed by atoms with van der Waals surface area (Å²) in [4.78, 5) is 2.04. The van der Waals surface area contributed by atoms with Crippen LogP contribution in [0.25, 0.3) is 0 Å². The van der Waals surface area contributed by atoms with Crippen LogP contribution in [0.15, 0.2) is 12.1 Å². The maximum atomic E-state index is 13.2. The van der Waals surface area contributed by atoms with Crippen LogP contribution in [0.3, 0.4) is 0 Å². The molecule has 0 saturated carbocycles. The van der Waals surface area contributed by atoms with Gasteiger partial charge >= 0.3 is 0 Å². The molecule has 1 aliphatic heterocycles. The minimum absolute atomic E-state index is 0.109. The Morgan fingerprint density at radius 1 is 1.44 bits per heavy atom. The van der Waals surface area contributed by atoms with E-state index >= 15 is 0 Å². The van der Waals surface area contributed by atoms with Crippen molar-refractivity contribution in [3.05, 3.63) is 23.0 Å². The molecular weight excluding hydrogens is 255 g/mol. The Kier molecular flexibility index (Phi) is 4.30. The zero-order valence-corrected chi connectivity index (χ0v) is 11.2. The van der Waals surface area contributed by atoms with Crippen LogP contribution in [0.2, 0.25) is 5.02 Å². The van der Waals surface area contributed by atoms with Crippen molar-refractivity contribution in [2.24, 2.45) is 5.92 Å². The fourth-order valence-electron chi connectivity index (χ4n) is 2.30. The van der Waals surface area contributed by atoms with Crippen molar-refractivity contribution >= 4 is 23.0 Å². The summed E-state index contributed by atoms with van der Waals surface area (Å²) >= 11 is 5.80. The van der Waals surface area contributed by atoms with Crippen LogP contribution in [-0.2, 0) is 4.74 Å². The van der Waals surface area contributed by atoms with Crippen molar-refractivity contribution in [2.45, 2.75) is 12.8 Å². The molecule has 1 heterocycles. The minimum Gasteiger partial charge on any atom is -0.397 e. The van der Waals surface area contributed by atoms with Gasteiger partial charge in [-0.3, -0.25) is 0 Å². The average Bonchev–Trinajstić information content (AvgIpc) is 2.35. The highest BCUT2D eigenvalue weighted by molar-refractivity contribution is 6.31. The van der Waals surface area contributed by atoms with E-state index in [2.05, 4.69) is 0 Å². The second kappa shape index (κ2) is 5.76. The Morgan fingerprint density at radius 2 is 2.11 bits per heavy atom. The minimum atomic E-state index is -0.475. The third-order valence-corrected chi connectivity index (χ3v) is 3.64. The summed E-state index contributed by atoms with van der Waals surface area (Å²) in [7, 11) is 1.95. The summed E-state index contributed by atoms with van der Waals surface area (Å²) in [6, 6.07) is 2.86. The van der Waals surface area contributed by atoms with Crippen molar-refractivity contribution in [1.82, 2.24) is 0 Å². The molecule has 5 heteroatoms. The molecular formula is C13H18ClFN2O. The van der Waals surface area contributed by atoms with Gasteiger partial charge in [0.2, 0.25) is 0 Å². The van der Waals surface area contributed by atoms with Crippen molar-refractivity contribution in [3.63, 3.8) is 0 Å². The lowest BCUT2D eigenvalue weighted by molar-refractivity contribution is 0.0685. The Bertz CT molecular complexity index is 422. The number of ether oxygens (including phenoxy) is 1. The number of anilines is 2. The van der Waals surface area contributed by atoms with Gasteiger partial charge in [-0.25, -0.2) is 4.39 Å². The first-order valence-corrected chi connectivity index (χ1v) is 6.49. The maximum absolute atomic E-state index is 13.2. The lowest BCUT2D eigenvalue weighted by Gasteiger charge is -2.29. The molecule has 0 atom stereocenters. The van der Waals surface area contributed by atoms with Crippen LogP contribution in [0.5, 0.6) is 0 Å². The van der Waals surface area contributed by atoms with Gasteiger partial charge in [-0.05, 0) is 24.8 Å². The molecule has 0 bridgehead atoms. The van der Waals surface area contributed by atoms with Gasteiger partial charge in [-0.15, -0.1) is 0 Å². The van der Waals surface area contributed by atoms with Gasteiger partial charge in [0.05, 0.1) is 16.4 Å². The van der Waals surface area contributed by atoms with Gasteiger partial charge in [0, 0.05) is 32.9 Å². The highest BCUT2D eigenvalue weighted by atomic mass is 35.5. The lowest BCUT2D eigenvalue weighted by atomic mass is 9.99. The van der Waals surface area contributed by atoms with Gasteiger partial charge in [-0.1, -0.05) is 11.6 Å². The molecule has 0 spiro atoms. The molecule has 100 valence electrons. The number of hydrogen-bond donors (Lipinski definition) is 1. The summed E-state index contributed by atoms with van der Waals surface area (Å²) in [6.07, 6.45) is 2.11. The third-order valence-electron chi connectivity index (χ3n) is 3.35. The fourth-order valence-corrected chi connectivity index (χ4v) is 2.45. The van der Waals surface area contributed by atoms with E-state index in [4.69, 9.17) is 22.1 Å². The first-order valence-electron chi connectivity index (χ1n) is 6.11. The van der Waals surface area contributed by atoms with E-state index in [9.17, 15) is 4.39 Å². The van der Waals surface area contributed by atoms with Crippen LogP contribution in [0, 0.1) is 11.7 Å². The number of rotatable bonds is 3. The largest absolute Gasteiger partial charge is 0.397 e. The zero-order chi connectivity index (χ0) is 13.1. The molecule has 18 heavy (non-hydrogen) atoms. The van der Waals surface area contributed by atoms with E-state index in [0.717, 1.165) is 38.3 Å². The van der Waals surface area contributed by atoms with Crippen molar-refractivity contribution in [2.75, 3.05) is 37.4 Å². The highest BCUT2D eigenvalue weighted by Gasteiger charge is 2.18. The normalized spacial score (nSPS) is 16.8. The van der Waals surface area contributed by atoms with E-state index in [0.29, 0.717) is 11.6 Å². The second-order valence-corrected chi connectivity index (χ2v) is 5.17. The SMILES string of the molecule is CN(CC1CCOCC1)c1cc(Cl)c(F)cc1N. The quantitative estimate of drug-likeness (QED) is 0.860. The first-order chi connectivity index (χ1) is 8.58. The smallest absolute Gasteiger partial charge is 0.143 e. The van der Waals surface area contributed by atoms with E-state index in [1.54, 1.807) is 6.07 Å². The van der Waals surface area contributed by atoms with E-state index in [1.807, 2.05) is 11.9 Å². The van der Waals surface area contributed by atoms with Gasteiger partial charge in [0.15, 0.2) is 0 Å². The number of nitrogen functional groups attached to an aromatic ring is 1. The molecule has 0 radical (unpaired) electrons. The first kappa shape index (κ1) is 13.4. The van der Waals surface area contributed by atoms with Gasteiger partial charge < -0.3 is 15.4 Å². The fraction of sp³-hybridized carbons (Fsp3) is 0.538. The molecule has 1 saturated heterocycles. The maximum Gasteiger partial charge on any atom is 0.143 e. The number of halogens is 2. The molecule has 2 N–H and O–H groups in total. The molecule has 0 amide bonds. The molecule has 1 aliphatic rings. The lowest BCUT2D eigenvalue weighted by Crippen LogP contribution is -2.30. The predicted octanol–water partition coefficient (Wildman–Crippen LogP) is 2.92. The topological polar surface area (TPSA) is 38.5 Å². The monoisotopic (exact) mass is 272 g/mol. The summed E-state index contributed by atoms with van der Waals surface area (Å²) in [5.41, 5.74) is 7.04. The average molecular weight is 273 g/mol. The molecule has 1 fully saturated rings. The molecule has 0 unspecified atom stereocenters. The summed E-state index contributed by atoms with van der Waals surface area (Å²) < 4.78 is 18.6. The van der Waals surface area contributed by atoms with E-state index in [-0.39, 0.29) is 5.02 Å². The standard InChI is InChI=1S/C13H18ClFN2O/c1-17(8-9-2-4-18-5-3-9)13-6-10(14)11(15)7-12(13)16/h6-7,9H,2-5,8,16H2,1H3. The van der Waals surface area contributed by atoms with Crippen molar-refractivity contribution < 1.29 is 9.13 Å². The molecule has 0 aliphatic carbocycles. The molecule has 3 nitrogen and oxygen atoms in total. The van der Waals surface area contributed by atoms with Crippen LogP contribution in [0.1, 0.15) is 12.8 Å². The molecule has 1 aromatic carbocycles. The highest BCUT2D eigenvalue weighted by Crippen LogP contribution is 2.30. The number of benzene rings is 1. The Balaban J connectivity index is 2.08. The molecule has 0 aromatic heterocycles. The molecule has 1 aromatic rings. The number of nitrogens with two attached hydrogens (primary N) is 1. The predicted molar refractivity (Wildman–Crippen MR) is 72.6 cm³/mol. The zero-order valence-electron chi connectivity index (χ0n) is 10.5. The molecule has 2 rings (SSSR count). The van der Waals surface area contributed by atoms with Gasteiger partial charge in [0.1, 0.15) is 5.82 Å². The summed E-state index contributed by atoms with van der Waals surface area (Å²) in [6.45, 7) is 2.52. The number of nitrogens with zero attached hydrogens (tertiary/aromatic N) is 1. The Morgan fingerprint density at radius 3 is 2.78 bits per heavy atom. The van der Waals surface area contributed by atoms with Crippen LogP contribution < -0.4 is 10.6 Å².